The van der Waals surface area contributed by atoms with Crippen LogP contribution in [0.2, 0.25) is 0 Å². The summed E-state index contributed by atoms with van der Waals surface area (Å²) < 4.78 is 46.5. The molecule has 5 nitrogen and oxygen atoms in total. The third-order valence-corrected chi connectivity index (χ3v) is 4.98. The Morgan fingerprint density at radius 2 is 2.07 bits per heavy atom. The summed E-state index contributed by atoms with van der Waals surface area (Å²) in [6, 6.07) is 12.0. The minimum Gasteiger partial charge on any atom is -0.493 e. The molecule has 0 spiro atoms. The molecule has 0 bridgehead atoms. The highest BCUT2D eigenvalue weighted by molar-refractivity contribution is 7.85. The fourth-order valence-electron chi connectivity index (χ4n) is 2.16. The van der Waals surface area contributed by atoms with Gasteiger partial charge in [-0.1, -0.05) is 12.1 Å². The Morgan fingerprint density at radius 3 is 2.71 bits per heavy atom. The molecule has 1 atom stereocenters. The van der Waals surface area contributed by atoms with Gasteiger partial charge in [0.25, 0.3) is 0 Å². The molecule has 0 aliphatic heterocycles. The Balaban J connectivity index is 2.50. The molecule has 148 valence electrons. The predicted octanol–water partition coefficient (Wildman–Crippen LogP) is 4.29. The van der Waals surface area contributed by atoms with Gasteiger partial charge in [0, 0.05) is 23.7 Å². The van der Waals surface area contributed by atoms with Crippen LogP contribution in [0, 0.1) is 11.3 Å². The van der Waals surface area contributed by atoms with Gasteiger partial charge in [-0.25, -0.2) is 18.0 Å². The fraction of sp³-hybridized carbons (Fsp3) is 0.350. The number of nitriles is 1. The standard InChI is InChI=1S/C20H21F2N3O2S/c1-20(2,3)28(26)25-19(16-8-5-10-24-17(16)13-23)14-6-4-7-15(12-14)27-11-9-18(21)22/h4-8,10,12,18H,9,11H2,1-3H3/b25-19+. The van der Waals surface area contributed by atoms with Crippen LogP contribution in [0.5, 0.6) is 5.75 Å². The minimum absolute atomic E-state index is 0.127. The van der Waals surface area contributed by atoms with Gasteiger partial charge >= 0.3 is 0 Å². The lowest BCUT2D eigenvalue weighted by molar-refractivity contribution is 0.114. The molecule has 0 amide bonds. The van der Waals surface area contributed by atoms with E-state index >= 15 is 0 Å². The van der Waals surface area contributed by atoms with E-state index in [9.17, 15) is 18.3 Å². The first-order valence-electron chi connectivity index (χ1n) is 8.60. The van der Waals surface area contributed by atoms with Gasteiger partial charge in [0.05, 0.1) is 17.1 Å². The zero-order valence-corrected chi connectivity index (χ0v) is 16.7. The number of rotatable bonds is 7. The average molecular weight is 405 g/mol. The van der Waals surface area contributed by atoms with Crippen molar-refractivity contribution in [1.29, 1.82) is 5.26 Å². The molecule has 0 radical (unpaired) electrons. The first kappa shape index (κ1) is 21.6. The number of ether oxygens (including phenoxy) is 1. The topological polar surface area (TPSA) is 75.3 Å². The van der Waals surface area contributed by atoms with Crippen molar-refractivity contribution in [1.82, 2.24) is 4.98 Å². The van der Waals surface area contributed by atoms with Gasteiger partial charge in [-0.2, -0.15) is 9.66 Å². The predicted molar refractivity (Wildman–Crippen MR) is 105 cm³/mol. The van der Waals surface area contributed by atoms with Crippen molar-refractivity contribution in [2.75, 3.05) is 6.61 Å². The van der Waals surface area contributed by atoms with E-state index < -0.39 is 22.2 Å². The smallest absolute Gasteiger partial charge is 0.241 e. The molecule has 2 aromatic rings. The maximum atomic E-state index is 12.7. The molecular weight excluding hydrogens is 384 g/mol. The molecule has 0 fully saturated rings. The summed E-state index contributed by atoms with van der Waals surface area (Å²) in [7, 11) is -1.59. The summed E-state index contributed by atoms with van der Waals surface area (Å²) in [6.45, 7) is 5.26. The monoisotopic (exact) mass is 405 g/mol. The number of benzene rings is 1. The highest BCUT2D eigenvalue weighted by atomic mass is 32.2. The maximum absolute atomic E-state index is 12.7. The van der Waals surface area contributed by atoms with Gasteiger partial charge in [-0.15, -0.1) is 0 Å². The number of nitrogens with zero attached hydrogens (tertiary/aromatic N) is 3. The van der Waals surface area contributed by atoms with Crippen LogP contribution in [-0.2, 0) is 11.0 Å². The average Bonchev–Trinajstić information content (AvgIpc) is 2.65. The Bertz CT molecular complexity index is 918. The number of aromatic nitrogens is 1. The molecule has 8 heteroatoms. The van der Waals surface area contributed by atoms with E-state index in [-0.39, 0.29) is 18.7 Å². The summed E-state index contributed by atoms with van der Waals surface area (Å²) in [5, 5.41) is 9.39. The molecule has 1 aromatic heterocycles. The van der Waals surface area contributed by atoms with Crippen LogP contribution in [0.15, 0.2) is 47.0 Å². The van der Waals surface area contributed by atoms with E-state index in [1.54, 1.807) is 57.2 Å². The van der Waals surface area contributed by atoms with Crippen molar-refractivity contribution in [3.8, 4) is 11.8 Å². The van der Waals surface area contributed by atoms with E-state index in [0.717, 1.165) is 0 Å². The quantitative estimate of drug-likeness (QED) is 0.644. The van der Waals surface area contributed by atoms with Crippen LogP contribution in [0.3, 0.4) is 0 Å². The molecular formula is C20H21F2N3O2S. The van der Waals surface area contributed by atoms with Gasteiger partial charge in [-0.3, -0.25) is 0 Å². The van der Waals surface area contributed by atoms with Crippen molar-refractivity contribution in [3.63, 3.8) is 0 Å². The third kappa shape index (κ3) is 5.92. The minimum atomic E-state index is -2.44. The molecule has 0 N–H and O–H groups in total. The van der Waals surface area contributed by atoms with Crippen molar-refractivity contribution in [2.24, 2.45) is 4.40 Å². The molecule has 0 aliphatic carbocycles. The summed E-state index contributed by atoms with van der Waals surface area (Å²) in [6.07, 6.45) is -1.33. The van der Waals surface area contributed by atoms with Gasteiger partial charge in [0.1, 0.15) is 28.5 Å². The summed E-state index contributed by atoms with van der Waals surface area (Å²) in [4.78, 5) is 4.05. The normalized spacial score (nSPS) is 13.2. The second-order valence-corrected chi connectivity index (χ2v) is 8.77. The zero-order valence-electron chi connectivity index (χ0n) is 15.9. The number of halogens is 2. The van der Waals surface area contributed by atoms with Crippen LogP contribution in [0.25, 0.3) is 0 Å². The van der Waals surface area contributed by atoms with E-state index in [0.29, 0.717) is 22.6 Å². The van der Waals surface area contributed by atoms with Crippen LogP contribution in [-0.4, -0.2) is 32.7 Å². The van der Waals surface area contributed by atoms with E-state index in [1.165, 1.54) is 6.20 Å². The first-order valence-corrected chi connectivity index (χ1v) is 9.70. The Labute approximate surface area is 165 Å². The molecule has 2 rings (SSSR count). The van der Waals surface area contributed by atoms with Crippen molar-refractivity contribution in [2.45, 2.75) is 38.4 Å². The van der Waals surface area contributed by atoms with Crippen LogP contribution in [0.4, 0.5) is 8.78 Å². The third-order valence-electron chi connectivity index (χ3n) is 3.58. The lowest BCUT2D eigenvalue weighted by Crippen LogP contribution is -2.22. The van der Waals surface area contributed by atoms with Crippen LogP contribution >= 0.6 is 0 Å². The van der Waals surface area contributed by atoms with E-state index in [4.69, 9.17) is 4.74 Å². The van der Waals surface area contributed by atoms with Gasteiger partial charge in [0.2, 0.25) is 6.43 Å². The van der Waals surface area contributed by atoms with Crippen molar-refractivity contribution < 1.29 is 17.7 Å². The molecule has 0 saturated heterocycles. The Morgan fingerprint density at radius 1 is 1.32 bits per heavy atom. The number of hydrogen-bond donors (Lipinski definition) is 0. The first-order chi connectivity index (χ1) is 13.2. The molecule has 0 aliphatic rings. The van der Waals surface area contributed by atoms with Crippen LogP contribution < -0.4 is 4.74 Å². The number of pyridine rings is 1. The molecule has 1 unspecified atom stereocenters. The molecule has 1 aromatic carbocycles. The SMILES string of the molecule is CC(C)(C)S(=O)/N=C(\c1cccc(OCCC(F)F)c1)c1cccnc1C#N. The maximum Gasteiger partial charge on any atom is 0.241 e. The van der Waals surface area contributed by atoms with E-state index in [2.05, 4.69) is 9.38 Å². The van der Waals surface area contributed by atoms with Crippen molar-refractivity contribution in [3.05, 3.63) is 59.4 Å². The summed E-state index contributed by atoms with van der Waals surface area (Å²) in [5.41, 5.74) is 1.47. The van der Waals surface area contributed by atoms with Gasteiger partial charge in [-0.05, 0) is 45.0 Å². The van der Waals surface area contributed by atoms with Gasteiger partial charge in [0.15, 0.2) is 0 Å². The summed E-state index contributed by atoms with van der Waals surface area (Å²) in [5.74, 6) is 0.384. The molecule has 0 saturated carbocycles. The molecule has 1 heterocycles. The Kier molecular flexibility index (Phi) is 7.35. The zero-order chi connectivity index (χ0) is 20.7. The number of hydrogen-bond acceptors (Lipinski definition) is 4. The van der Waals surface area contributed by atoms with Gasteiger partial charge < -0.3 is 4.74 Å². The summed E-state index contributed by atoms with van der Waals surface area (Å²) >= 11 is 0. The lowest BCUT2D eigenvalue weighted by atomic mass is 10.0. The number of alkyl halides is 2. The van der Waals surface area contributed by atoms with E-state index in [1.807, 2.05) is 6.07 Å². The van der Waals surface area contributed by atoms with Crippen molar-refractivity contribution >= 4 is 16.7 Å². The second-order valence-electron chi connectivity index (χ2n) is 6.87. The Hall–Kier alpha value is -2.66. The molecule has 28 heavy (non-hydrogen) atoms. The fourth-order valence-corrected chi connectivity index (χ4v) is 2.81. The lowest BCUT2D eigenvalue weighted by Gasteiger charge is -2.16. The largest absolute Gasteiger partial charge is 0.493 e. The highest BCUT2D eigenvalue weighted by Crippen LogP contribution is 2.22. The second kappa shape index (κ2) is 9.51. The van der Waals surface area contributed by atoms with Crippen LogP contribution in [0.1, 0.15) is 44.0 Å². The highest BCUT2D eigenvalue weighted by Gasteiger charge is 2.22.